The zero-order chi connectivity index (χ0) is 17.0. The van der Waals surface area contributed by atoms with Crippen molar-refractivity contribution >= 4 is 5.91 Å². The van der Waals surface area contributed by atoms with Gasteiger partial charge in [0, 0.05) is 24.2 Å². The summed E-state index contributed by atoms with van der Waals surface area (Å²) in [7, 11) is 3.17. The predicted octanol–water partition coefficient (Wildman–Crippen LogP) is 2.24. The third-order valence-corrected chi connectivity index (χ3v) is 4.50. The van der Waals surface area contributed by atoms with Crippen molar-refractivity contribution in [1.29, 1.82) is 0 Å². The van der Waals surface area contributed by atoms with Crippen LogP contribution < -0.4 is 15.2 Å². The van der Waals surface area contributed by atoms with E-state index in [9.17, 15) is 4.79 Å². The molecule has 1 amide bonds. The van der Waals surface area contributed by atoms with Crippen LogP contribution in [0.5, 0.6) is 11.5 Å². The average molecular weight is 318 g/mol. The van der Waals surface area contributed by atoms with E-state index in [0.29, 0.717) is 36.6 Å². The molecule has 2 N–H and O–H groups in total. The molecule has 5 heteroatoms. The number of nitrogens with two attached hydrogens (primary N) is 1. The fraction of sp³-hybridized carbons (Fsp3) is 0.500. The molecule has 0 radical (unpaired) electrons. The molecular weight excluding hydrogens is 292 g/mol. The molecule has 1 aliphatic rings. The van der Waals surface area contributed by atoms with E-state index < -0.39 is 0 Å². The average Bonchev–Trinajstić information content (AvgIpc) is 2.96. The first-order valence-electron chi connectivity index (χ1n) is 7.83. The molecule has 1 fully saturated rings. The first kappa shape index (κ1) is 17.3. The Labute approximate surface area is 138 Å². The van der Waals surface area contributed by atoms with Crippen molar-refractivity contribution in [1.82, 2.24) is 4.90 Å². The van der Waals surface area contributed by atoms with Crippen LogP contribution >= 0.6 is 0 Å². The van der Waals surface area contributed by atoms with Gasteiger partial charge in [0.25, 0.3) is 5.91 Å². The van der Waals surface area contributed by atoms with Crippen molar-refractivity contribution in [3.8, 4) is 11.5 Å². The van der Waals surface area contributed by atoms with Gasteiger partial charge in [-0.3, -0.25) is 4.79 Å². The normalized spacial score (nSPS) is 20.4. The number of rotatable bonds is 6. The van der Waals surface area contributed by atoms with Gasteiger partial charge in [-0.2, -0.15) is 0 Å². The SMILES string of the molecule is C=CCc1cc(C(=O)N2CCC(C)(CN)C2)cc(OC)c1OC. The number of likely N-dealkylation sites (tertiary alicyclic amines) is 1. The second kappa shape index (κ2) is 7.04. The molecule has 2 rings (SSSR count). The highest BCUT2D eigenvalue weighted by molar-refractivity contribution is 5.95. The summed E-state index contributed by atoms with van der Waals surface area (Å²) in [6.45, 7) is 7.90. The van der Waals surface area contributed by atoms with Crippen LogP contribution in [0.25, 0.3) is 0 Å². The fourth-order valence-electron chi connectivity index (χ4n) is 3.02. The van der Waals surface area contributed by atoms with Crippen molar-refractivity contribution in [2.24, 2.45) is 11.1 Å². The van der Waals surface area contributed by atoms with E-state index in [0.717, 1.165) is 18.5 Å². The van der Waals surface area contributed by atoms with Crippen LogP contribution in [0.1, 0.15) is 29.3 Å². The predicted molar refractivity (Wildman–Crippen MR) is 91.1 cm³/mol. The Kier molecular flexibility index (Phi) is 5.31. The highest BCUT2D eigenvalue weighted by Gasteiger charge is 2.35. The molecule has 0 spiro atoms. The van der Waals surface area contributed by atoms with Gasteiger partial charge in [0.2, 0.25) is 0 Å². The zero-order valence-corrected chi connectivity index (χ0v) is 14.2. The molecule has 1 unspecified atom stereocenters. The molecule has 0 saturated carbocycles. The molecule has 0 aliphatic carbocycles. The van der Waals surface area contributed by atoms with Crippen molar-refractivity contribution in [2.75, 3.05) is 33.9 Å². The summed E-state index contributed by atoms with van der Waals surface area (Å²) in [5, 5.41) is 0. The van der Waals surface area contributed by atoms with E-state index in [1.807, 2.05) is 11.0 Å². The Bertz CT molecular complexity index is 600. The maximum absolute atomic E-state index is 12.8. The molecule has 0 bridgehead atoms. The summed E-state index contributed by atoms with van der Waals surface area (Å²) in [6, 6.07) is 3.61. The summed E-state index contributed by atoms with van der Waals surface area (Å²) in [5.74, 6) is 1.22. The van der Waals surface area contributed by atoms with Gasteiger partial charge in [-0.05, 0) is 36.9 Å². The lowest BCUT2D eigenvalue weighted by Crippen LogP contribution is -2.34. The minimum Gasteiger partial charge on any atom is -0.493 e. The number of carbonyl (C=O) groups is 1. The summed E-state index contributed by atoms with van der Waals surface area (Å²) < 4.78 is 10.8. The highest BCUT2D eigenvalue weighted by Crippen LogP contribution is 2.35. The monoisotopic (exact) mass is 318 g/mol. The molecule has 1 aromatic carbocycles. The fourth-order valence-corrected chi connectivity index (χ4v) is 3.02. The number of amides is 1. The number of hydrogen-bond donors (Lipinski definition) is 1. The minimum atomic E-state index is 0.00782. The third-order valence-electron chi connectivity index (χ3n) is 4.50. The Balaban J connectivity index is 2.34. The topological polar surface area (TPSA) is 64.8 Å². The quantitative estimate of drug-likeness (QED) is 0.817. The van der Waals surface area contributed by atoms with E-state index in [-0.39, 0.29) is 11.3 Å². The molecule has 1 atom stereocenters. The van der Waals surface area contributed by atoms with Gasteiger partial charge in [-0.15, -0.1) is 6.58 Å². The molecule has 0 aromatic heterocycles. The minimum absolute atomic E-state index is 0.00782. The van der Waals surface area contributed by atoms with Crippen LogP contribution in [-0.2, 0) is 6.42 Å². The first-order chi connectivity index (χ1) is 11.0. The van der Waals surface area contributed by atoms with Gasteiger partial charge in [0.05, 0.1) is 14.2 Å². The van der Waals surface area contributed by atoms with Crippen LogP contribution in [0.15, 0.2) is 24.8 Å². The van der Waals surface area contributed by atoms with Crippen LogP contribution in [-0.4, -0.2) is 44.7 Å². The van der Waals surface area contributed by atoms with Crippen LogP contribution in [0, 0.1) is 5.41 Å². The standard InChI is InChI=1S/C18H26N2O3/c1-5-6-13-9-14(10-15(22-3)16(13)23-4)17(21)20-8-7-18(2,11-19)12-20/h5,9-10H,1,6-8,11-12,19H2,2-4H3. The number of methoxy groups -OCH3 is 2. The highest BCUT2D eigenvalue weighted by atomic mass is 16.5. The second-order valence-electron chi connectivity index (χ2n) is 6.36. The Morgan fingerprint density at radius 1 is 1.43 bits per heavy atom. The lowest BCUT2D eigenvalue weighted by Gasteiger charge is -2.23. The Morgan fingerprint density at radius 2 is 2.17 bits per heavy atom. The maximum atomic E-state index is 12.8. The first-order valence-corrected chi connectivity index (χ1v) is 7.83. The van der Waals surface area contributed by atoms with Crippen molar-refractivity contribution in [3.63, 3.8) is 0 Å². The maximum Gasteiger partial charge on any atom is 0.254 e. The van der Waals surface area contributed by atoms with Gasteiger partial charge < -0.3 is 20.1 Å². The number of benzene rings is 1. The molecule has 126 valence electrons. The van der Waals surface area contributed by atoms with Gasteiger partial charge in [0.1, 0.15) is 0 Å². The van der Waals surface area contributed by atoms with E-state index in [2.05, 4.69) is 13.5 Å². The number of carbonyl (C=O) groups excluding carboxylic acids is 1. The lowest BCUT2D eigenvalue weighted by atomic mass is 9.90. The van der Waals surface area contributed by atoms with Gasteiger partial charge >= 0.3 is 0 Å². The number of hydrogen-bond acceptors (Lipinski definition) is 4. The van der Waals surface area contributed by atoms with Crippen molar-refractivity contribution in [3.05, 3.63) is 35.9 Å². The molecule has 1 aromatic rings. The summed E-state index contributed by atoms with van der Waals surface area (Å²) in [5.41, 5.74) is 7.35. The Morgan fingerprint density at radius 3 is 2.70 bits per heavy atom. The summed E-state index contributed by atoms with van der Waals surface area (Å²) >= 11 is 0. The third kappa shape index (κ3) is 3.50. The summed E-state index contributed by atoms with van der Waals surface area (Å²) in [6.07, 6.45) is 3.33. The van der Waals surface area contributed by atoms with Crippen LogP contribution in [0.2, 0.25) is 0 Å². The zero-order valence-electron chi connectivity index (χ0n) is 14.2. The van der Waals surface area contributed by atoms with E-state index in [4.69, 9.17) is 15.2 Å². The number of allylic oxidation sites excluding steroid dienone is 1. The Hall–Kier alpha value is -2.01. The molecule has 1 heterocycles. The smallest absolute Gasteiger partial charge is 0.254 e. The van der Waals surface area contributed by atoms with Crippen LogP contribution in [0.3, 0.4) is 0 Å². The molecule has 23 heavy (non-hydrogen) atoms. The van der Waals surface area contributed by atoms with E-state index in [1.54, 1.807) is 26.4 Å². The van der Waals surface area contributed by atoms with Crippen molar-refractivity contribution < 1.29 is 14.3 Å². The van der Waals surface area contributed by atoms with E-state index >= 15 is 0 Å². The molecular formula is C18H26N2O3. The van der Waals surface area contributed by atoms with Gasteiger partial charge in [-0.1, -0.05) is 13.0 Å². The van der Waals surface area contributed by atoms with Gasteiger partial charge in [0.15, 0.2) is 11.5 Å². The second-order valence-corrected chi connectivity index (χ2v) is 6.36. The van der Waals surface area contributed by atoms with Crippen molar-refractivity contribution in [2.45, 2.75) is 19.8 Å². The number of ether oxygens (including phenoxy) is 2. The van der Waals surface area contributed by atoms with E-state index in [1.165, 1.54) is 0 Å². The van der Waals surface area contributed by atoms with Crippen LogP contribution in [0.4, 0.5) is 0 Å². The van der Waals surface area contributed by atoms with Gasteiger partial charge in [-0.25, -0.2) is 0 Å². The summed E-state index contributed by atoms with van der Waals surface area (Å²) in [4.78, 5) is 14.7. The molecule has 1 aliphatic heterocycles. The molecule has 1 saturated heterocycles. The number of nitrogens with zero attached hydrogens (tertiary/aromatic N) is 1. The largest absolute Gasteiger partial charge is 0.493 e. The lowest BCUT2D eigenvalue weighted by molar-refractivity contribution is 0.0776. The molecule has 5 nitrogen and oxygen atoms in total.